The topological polar surface area (TPSA) is 52.5 Å². The number of hydrogen-bond acceptors (Lipinski definition) is 2. The summed E-state index contributed by atoms with van der Waals surface area (Å²) in [6, 6.07) is 7.49. The Hall–Kier alpha value is -1.60. The van der Waals surface area contributed by atoms with E-state index in [0.29, 0.717) is 5.56 Å². The molecule has 0 spiro atoms. The molecule has 0 radical (unpaired) electrons. The monoisotopic (exact) mass is 247 g/mol. The molecule has 4 heteroatoms. The Morgan fingerprint density at radius 1 is 1.43 bits per heavy atom. The zero-order valence-corrected chi connectivity index (χ0v) is 8.75. The lowest BCUT2D eigenvalue weighted by molar-refractivity contribution is 1.30. The molecular weight excluding hydrogens is 242 g/mol. The maximum atomic E-state index is 8.75. The lowest BCUT2D eigenvalue weighted by Crippen LogP contribution is -1.84. The molecule has 14 heavy (non-hydrogen) atoms. The van der Waals surface area contributed by atoms with Gasteiger partial charge in [-0.1, -0.05) is 15.9 Å². The van der Waals surface area contributed by atoms with Crippen molar-refractivity contribution in [2.75, 3.05) is 0 Å². The molecule has 0 saturated heterocycles. The van der Waals surface area contributed by atoms with Crippen molar-refractivity contribution in [1.29, 1.82) is 5.26 Å². The van der Waals surface area contributed by atoms with Crippen LogP contribution in [-0.2, 0) is 0 Å². The summed E-state index contributed by atoms with van der Waals surface area (Å²) in [4.78, 5) is 7.12. The lowest BCUT2D eigenvalue weighted by Gasteiger charge is -2.00. The molecule has 1 aromatic carbocycles. The number of rotatable bonds is 1. The van der Waals surface area contributed by atoms with E-state index in [-0.39, 0.29) is 0 Å². The number of imidazole rings is 1. The number of halogens is 1. The van der Waals surface area contributed by atoms with Crippen molar-refractivity contribution in [1.82, 2.24) is 9.97 Å². The van der Waals surface area contributed by atoms with Gasteiger partial charge in [0.2, 0.25) is 0 Å². The Morgan fingerprint density at radius 3 is 2.93 bits per heavy atom. The van der Waals surface area contributed by atoms with Crippen molar-refractivity contribution in [3.8, 4) is 17.5 Å². The van der Waals surface area contributed by atoms with Crippen LogP contribution >= 0.6 is 15.9 Å². The first-order valence-electron chi connectivity index (χ1n) is 4.00. The van der Waals surface area contributed by atoms with Crippen molar-refractivity contribution in [3.63, 3.8) is 0 Å². The molecule has 1 N–H and O–H groups in total. The van der Waals surface area contributed by atoms with E-state index in [1.807, 2.05) is 6.07 Å². The third kappa shape index (κ3) is 1.54. The summed E-state index contributed by atoms with van der Waals surface area (Å²) in [6.45, 7) is 0. The molecule has 1 heterocycles. The van der Waals surface area contributed by atoms with Crippen molar-refractivity contribution >= 4 is 15.9 Å². The van der Waals surface area contributed by atoms with E-state index in [0.717, 1.165) is 15.9 Å². The van der Waals surface area contributed by atoms with Crippen LogP contribution in [0.2, 0.25) is 0 Å². The molecule has 2 rings (SSSR count). The second kappa shape index (κ2) is 3.64. The van der Waals surface area contributed by atoms with E-state index >= 15 is 0 Å². The quantitative estimate of drug-likeness (QED) is 0.843. The van der Waals surface area contributed by atoms with Gasteiger partial charge in [-0.3, -0.25) is 0 Å². The minimum Gasteiger partial charge on any atom is -0.345 e. The zero-order valence-electron chi connectivity index (χ0n) is 7.16. The third-order valence-corrected chi connectivity index (χ3v) is 2.54. The van der Waals surface area contributed by atoms with Crippen LogP contribution in [0.1, 0.15) is 5.56 Å². The molecule has 2 aromatic rings. The predicted molar refractivity (Wildman–Crippen MR) is 56.4 cm³/mol. The standard InChI is InChI=1S/C10H6BrN3/c11-9-2-1-7(6-12)5-8(9)10-13-3-4-14-10/h1-5H,(H,13,14). The summed E-state index contributed by atoms with van der Waals surface area (Å²) in [5, 5.41) is 8.75. The molecule has 0 aliphatic carbocycles. The van der Waals surface area contributed by atoms with E-state index < -0.39 is 0 Å². The van der Waals surface area contributed by atoms with Crippen LogP contribution in [0.5, 0.6) is 0 Å². The Kier molecular flexibility index (Phi) is 2.33. The molecule has 3 nitrogen and oxygen atoms in total. The highest BCUT2D eigenvalue weighted by molar-refractivity contribution is 9.10. The smallest absolute Gasteiger partial charge is 0.138 e. The van der Waals surface area contributed by atoms with Gasteiger partial charge in [-0.05, 0) is 18.2 Å². The second-order valence-corrected chi connectivity index (χ2v) is 3.60. The Labute approximate surface area is 89.5 Å². The Morgan fingerprint density at radius 2 is 2.29 bits per heavy atom. The van der Waals surface area contributed by atoms with Crippen LogP contribution in [0, 0.1) is 11.3 Å². The van der Waals surface area contributed by atoms with Crippen molar-refractivity contribution in [2.45, 2.75) is 0 Å². The minimum atomic E-state index is 0.625. The number of nitrogens with zero attached hydrogens (tertiary/aromatic N) is 2. The maximum absolute atomic E-state index is 8.75. The van der Waals surface area contributed by atoms with E-state index in [4.69, 9.17) is 5.26 Å². The predicted octanol–water partition coefficient (Wildman–Crippen LogP) is 2.71. The molecule has 0 fully saturated rings. The highest BCUT2D eigenvalue weighted by Crippen LogP contribution is 2.26. The summed E-state index contributed by atoms with van der Waals surface area (Å²) >= 11 is 3.41. The van der Waals surface area contributed by atoms with Gasteiger partial charge in [0.25, 0.3) is 0 Å². The fourth-order valence-corrected chi connectivity index (χ4v) is 1.62. The summed E-state index contributed by atoms with van der Waals surface area (Å²) in [5.74, 6) is 0.758. The first kappa shape index (κ1) is 8.97. The van der Waals surface area contributed by atoms with Crippen LogP contribution in [0.4, 0.5) is 0 Å². The van der Waals surface area contributed by atoms with E-state index in [9.17, 15) is 0 Å². The fourth-order valence-electron chi connectivity index (χ4n) is 1.19. The highest BCUT2D eigenvalue weighted by Gasteiger charge is 2.05. The van der Waals surface area contributed by atoms with Gasteiger partial charge >= 0.3 is 0 Å². The number of nitriles is 1. The van der Waals surface area contributed by atoms with Crippen LogP contribution in [0.3, 0.4) is 0 Å². The normalized spacial score (nSPS) is 9.71. The van der Waals surface area contributed by atoms with Crippen LogP contribution in [0.15, 0.2) is 35.1 Å². The first-order chi connectivity index (χ1) is 6.81. The van der Waals surface area contributed by atoms with Crippen molar-refractivity contribution < 1.29 is 0 Å². The highest BCUT2D eigenvalue weighted by atomic mass is 79.9. The summed E-state index contributed by atoms with van der Waals surface area (Å²) < 4.78 is 0.923. The van der Waals surface area contributed by atoms with Crippen LogP contribution in [-0.4, -0.2) is 9.97 Å². The second-order valence-electron chi connectivity index (χ2n) is 2.74. The number of nitrogens with one attached hydrogen (secondary N) is 1. The van der Waals surface area contributed by atoms with Gasteiger partial charge in [0.1, 0.15) is 5.82 Å². The summed E-state index contributed by atoms with van der Waals surface area (Å²) in [5.41, 5.74) is 1.52. The fraction of sp³-hybridized carbons (Fsp3) is 0. The number of hydrogen-bond donors (Lipinski definition) is 1. The Bertz CT molecular complexity index is 483. The zero-order chi connectivity index (χ0) is 9.97. The molecule has 0 unspecified atom stereocenters. The van der Waals surface area contributed by atoms with Gasteiger partial charge in [-0.25, -0.2) is 4.98 Å². The van der Waals surface area contributed by atoms with Crippen molar-refractivity contribution in [2.24, 2.45) is 0 Å². The largest absolute Gasteiger partial charge is 0.345 e. The average Bonchev–Trinajstić information content (AvgIpc) is 2.71. The molecule has 0 amide bonds. The minimum absolute atomic E-state index is 0.625. The molecule has 0 atom stereocenters. The van der Waals surface area contributed by atoms with Gasteiger partial charge in [-0.2, -0.15) is 5.26 Å². The molecule has 0 saturated carbocycles. The SMILES string of the molecule is N#Cc1ccc(Br)c(-c2ncc[nH]2)c1. The van der Waals surface area contributed by atoms with Gasteiger partial charge in [0, 0.05) is 22.4 Å². The van der Waals surface area contributed by atoms with Gasteiger partial charge in [-0.15, -0.1) is 0 Å². The molecule has 0 bridgehead atoms. The van der Waals surface area contributed by atoms with Crippen molar-refractivity contribution in [3.05, 3.63) is 40.6 Å². The molecular formula is C10H6BrN3. The van der Waals surface area contributed by atoms with E-state index in [1.165, 1.54) is 0 Å². The van der Waals surface area contributed by atoms with E-state index in [2.05, 4.69) is 32.0 Å². The molecule has 1 aromatic heterocycles. The lowest BCUT2D eigenvalue weighted by atomic mass is 10.1. The van der Waals surface area contributed by atoms with Crippen LogP contribution in [0.25, 0.3) is 11.4 Å². The molecule has 0 aliphatic rings. The average molecular weight is 248 g/mol. The number of H-pyrrole nitrogens is 1. The first-order valence-corrected chi connectivity index (χ1v) is 4.80. The number of aromatic nitrogens is 2. The van der Waals surface area contributed by atoms with Gasteiger partial charge in [0.05, 0.1) is 11.6 Å². The van der Waals surface area contributed by atoms with Crippen LogP contribution < -0.4 is 0 Å². The van der Waals surface area contributed by atoms with Gasteiger partial charge in [0.15, 0.2) is 0 Å². The number of benzene rings is 1. The molecule has 0 aliphatic heterocycles. The number of aromatic amines is 1. The Balaban J connectivity index is 2.58. The third-order valence-electron chi connectivity index (χ3n) is 1.85. The van der Waals surface area contributed by atoms with E-state index in [1.54, 1.807) is 24.5 Å². The summed E-state index contributed by atoms with van der Waals surface area (Å²) in [6.07, 6.45) is 3.43. The van der Waals surface area contributed by atoms with Gasteiger partial charge < -0.3 is 4.98 Å². The maximum Gasteiger partial charge on any atom is 0.138 e. The molecule has 68 valence electrons. The summed E-state index contributed by atoms with van der Waals surface area (Å²) in [7, 11) is 0.